The van der Waals surface area contributed by atoms with E-state index in [4.69, 9.17) is 4.74 Å². The van der Waals surface area contributed by atoms with Gasteiger partial charge in [0.25, 0.3) is 11.8 Å². The molecule has 2 atom stereocenters. The molecule has 0 aromatic heterocycles. The molecule has 0 aliphatic carbocycles. The molecule has 0 radical (unpaired) electrons. The van der Waals surface area contributed by atoms with Crippen molar-refractivity contribution in [2.45, 2.75) is 58.5 Å². The third kappa shape index (κ3) is 8.78. The lowest BCUT2D eigenvalue weighted by Gasteiger charge is -2.40. The largest absolute Gasteiger partial charge is 0.453 e. The highest BCUT2D eigenvalue weighted by Gasteiger charge is 2.46. The van der Waals surface area contributed by atoms with Crippen LogP contribution in [0.2, 0.25) is 0 Å². The maximum Gasteiger partial charge on any atom is 0.306 e. The summed E-state index contributed by atoms with van der Waals surface area (Å²) in [4.78, 5) is 40.2. The molecular formula is C41H49N3O4. The number of ether oxygens (including phenoxy) is 1. The van der Waals surface area contributed by atoms with Gasteiger partial charge in [-0.3, -0.25) is 14.4 Å². The number of para-hydroxylation sites is 2. The Morgan fingerprint density at radius 1 is 0.750 bits per heavy atom. The molecule has 0 spiro atoms. The van der Waals surface area contributed by atoms with Crippen LogP contribution in [-0.4, -0.2) is 43.3 Å². The standard InChI is InChI=1S/C22H29NO2.C19H20N2O2/c1-5-21(24)25-22(18(2)17-23(3)4,20-14-10-7-11-15-20)16-19-12-8-6-9-13-19;1-2-3-14-17-18(22)20(15-10-6-4-7-11-15)21(19(17)23)16-12-8-5-9-13-16/h6-15,18H,5,16-17H2,1-4H3;4-13,17H,2-3,14H2,1H3. The van der Waals surface area contributed by atoms with Gasteiger partial charge in [0.2, 0.25) is 0 Å². The van der Waals surface area contributed by atoms with Gasteiger partial charge in [-0.25, -0.2) is 10.0 Å². The molecule has 1 saturated heterocycles. The van der Waals surface area contributed by atoms with Gasteiger partial charge < -0.3 is 9.64 Å². The molecule has 2 unspecified atom stereocenters. The summed E-state index contributed by atoms with van der Waals surface area (Å²) < 4.78 is 6.17. The van der Waals surface area contributed by atoms with Crippen LogP contribution in [0.25, 0.3) is 0 Å². The molecule has 0 saturated carbocycles. The third-order valence-electron chi connectivity index (χ3n) is 8.65. The maximum absolute atomic E-state index is 12.9. The fraction of sp³-hybridized carbons (Fsp3) is 0.341. The second-order valence-corrected chi connectivity index (χ2v) is 12.6. The Balaban J connectivity index is 0.000000217. The molecule has 4 aromatic carbocycles. The van der Waals surface area contributed by atoms with Crippen molar-refractivity contribution in [2.75, 3.05) is 30.7 Å². The number of amides is 2. The van der Waals surface area contributed by atoms with E-state index in [-0.39, 0.29) is 23.7 Å². The van der Waals surface area contributed by atoms with Gasteiger partial charge in [0.05, 0.1) is 11.4 Å². The molecule has 1 heterocycles. The van der Waals surface area contributed by atoms with E-state index in [0.717, 1.165) is 24.9 Å². The van der Waals surface area contributed by atoms with Crippen LogP contribution in [0.3, 0.4) is 0 Å². The number of hydrogen-bond acceptors (Lipinski definition) is 5. The molecule has 48 heavy (non-hydrogen) atoms. The van der Waals surface area contributed by atoms with Gasteiger partial charge in [-0.2, -0.15) is 0 Å². The third-order valence-corrected chi connectivity index (χ3v) is 8.65. The van der Waals surface area contributed by atoms with E-state index >= 15 is 0 Å². The van der Waals surface area contributed by atoms with Gasteiger partial charge in [0, 0.05) is 25.3 Å². The van der Waals surface area contributed by atoms with Crippen LogP contribution < -0.4 is 10.0 Å². The van der Waals surface area contributed by atoms with Gasteiger partial charge in [-0.1, -0.05) is 131 Å². The van der Waals surface area contributed by atoms with Crippen molar-refractivity contribution in [1.29, 1.82) is 0 Å². The number of esters is 1. The van der Waals surface area contributed by atoms with Crippen LogP contribution in [0.5, 0.6) is 0 Å². The van der Waals surface area contributed by atoms with Crippen LogP contribution in [0.1, 0.15) is 57.6 Å². The summed E-state index contributed by atoms with van der Waals surface area (Å²) in [6.07, 6.45) is 3.47. The number of carbonyl (C=O) groups is 3. The molecule has 1 aliphatic rings. The highest BCUT2D eigenvalue weighted by Crippen LogP contribution is 2.38. The predicted molar refractivity (Wildman–Crippen MR) is 193 cm³/mol. The molecule has 2 amide bonds. The summed E-state index contributed by atoms with van der Waals surface area (Å²) in [5.41, 5.74) is 2.97. The number of carbonyl (C=O) groups excluding carboxylic acids is 3. The van der Waals surface area contributed by atoms with Crippen LogP contribution in [0, 0.1) is 11.8 Å². The van der Waals surface area contributed by atoms with E-state index < -0.39 is 11.5 Å². The lowest BCUT2D eigenvalue weighted by atomic mass is 9.77. The molecule has 252 valence electrons. The first kappa shape index (κ1) is 36.1. The highest BCUT2D eigenvalue weighted by molar-refractivity contribution is 6.23. The van der Waals surface area contributed by atoms with Crippen LogP contribution in [0.15, 0.2) is 121 Å². The van der Waals surface area contributed by atoms with E-state index in [9.17, 15) is 14.4 Å². The van der Waals surface area contributed by atoms with Crippen LogP contribution >= 0.6 is 0 Å². The SMILES string of the molecule is CCC(=O)OC(Cc1ccccc1)(c1ccccc1)C(C)CN(C)C.CCCCC1C(=O)N(c2ccccc2)N(c2ccccc2)C1=O. The van der Waals surface area contributed by atoms with Crippen molar-refractivity contribution >= 4 is 29.2 Å². The summed E-state index contributed by atoms with van der Waals surface area (Å²) in [5, 5.41) is 3.02. The fourth-order valence-corrected chi connectivity index (χ4v) is 6.22. The van der Waals surface area contributed by atoms with Crippen molar-refractivity contribution in [3.63, 3.8) is 0 Å². The van der Waals surface area contributed by atoms with Gasteiger partial charge in [0.1, 0.15) is 11.5 Å². The Labute approximate surface area is 286 Å². The Hall–Kier alpha value is -4.75. The van der Waals surface area contributed by atoms with E-state index in [1.54, 1.807) is 0 Å². The number of hydrogen-bond donors (Lipinski definition) is 0. The second-order valence-electron chi connectivity index (χ2n) is 12.6. The van der Waals surface area contributed by atoms with Crippen LogP contribution in [-0.2, 0) is 31.1 Å². The molecule has 5 rings (SSSR count). The average Bonchev–Trinajstić information content (AvgIpc) is 3.36. The Morgan fingerprint density at radius 2 is 1.21 bits per heavy atom. The van der Waals surface area contributed by atoms with E-state index in [1.807, 2.05) is 104 Å². The summed E-state index contributed by atoms with van der Waals surface area (Å²) in [6.45, 7) is 6.91. The first-order valence-corrected chi connectivity index (χ1v) is 17.0. The maximum atomic E-state index is 12.9. The quantitative estimate of drug-likeness (QED) is 0.108. The van der Waals surface area contributed by atoms with E-state index in [2.05, 4.69) is 57.1 Å². The van der Waals surface area contributed by atoms with Gasteiger partial charge in [-0.15, -0.1) is 0 Å². The average molecular weight is 648 g/mol. The Morgan fingerprint density at radius 3 is 1.65 bits per heavy atom. The minimum Gasteiger partial charge on any atom is -0.453 e. The normalized spacial score (nSPS) is 15.1. The lowest BCUT2D eigenvalue weighted by Crippen LogP contribution is -2.44. The molecular weight excluding hydrogens is 598 g/mol. The highest BCUT2D eigenvalue weighted by atomic mass is 16.6. The van der Waals surface area contributed by atoms with Crippen molar-refractivity contribution in [3.05, 3.63) is 132 Å². The number of unbranched alkanes of at least 4 members (excludes halogenated alkanes) is 1. The molecule has 1 aliphatic heterocycles. The summed E-state index contributed by atoms with van der Waals surface area (Å²) in [7, 11) is 4.10. The Bertz CT molecular complexity index is 1520. The molecule has 7 heteroatoms. The number of rotatable bonds is 13. The van der Waals surface area contributed by atoms with Crippen molar-refractivity contribution < 1.29 is 19.1 Å². The summed E-state index contributed by atoms with van der Waals surface area (Å²) in [6, 6.07) is 39.1. The van der Waals surface area contributed by atoms with Gasteiger partial charge in [-0.05, 0) is 55.9 Å². The smallest absolute Gasteiger partial charge is 0.306 e. The lowest BCUT2D eigenvalue weighted by molar-refractivity contribution is -0.168. The minimum atomic E-state index is -0.681. The fourth-order valence-electron chi connectivity index (χ4n) is 6.22. The first-order chi connectivity index (χ1) is 23.2. The summed E-state index contributed by atoms with van der Waals surface area (Å²) in [5.74, 6) is -0.890. The number of nitrogens with zero attached hydrogens (tertiary/aromatic N) is 3. The summed E-state index contributed by atoms with van der Waals surface area (Å²) >= 11 is 0. The van der Waals surface area contributed by atoms with Crippen molar-refractivity contribution in [2.24, 2.45) is 11.8 Å². The van der Waals surface area contributed by atoms with Gasteiger partial charge >= 0.3 is 5.97 Å². The first-order valence-electron chi connectivity index (χ1n) is 17.0. The predicted octanol–water partition coefficient (Wildman–Crippen LogP) is 8.06. The number of anilines is 2. The number of benzene rings is 4. The Kier molecular flexibility index (Phi) is 13.1. The van der Waals surface area contributed by atoms with E-state index in [1.165, 1.54) is 15.6 Å². The zero-order valence-corrected chi connectivity index (χ0v) is 28.9. The zero-order valence-electron chi connectivity index (χ0n) is 28.9. The molecule has 7 nitrogen and oxygen atoms in total. The monoisotopic (exact) mass is 647 g/mol. The molecule has 0 bridgehead atoms. The molecule has 0 N–H and O–H groups in total. The second kappa shape index (κ2) is 17.4. The van der Waals surface area contributed by atoms with Crippen LogP contribution in [0.4, 0.5) is 11.4 Å². The number of hydrazine groups is 1. The molecule has 4 aromatic rings. The topological polar surface area (TPSA) is 70.2 Å². The molecule has 1 fully saturated rings. The zero-order chi connectivity index (χ0) is 34.5. The van der Waals surface area contributed by atoms with E-state index in [0.29, 0.717) is 30.6 Å². The van der Waals surface area contributed by atoms with Gasteiger partial charge in [0.15, 0.2) is 0 Å². The van der Waals surface area contributed by atoms with Crippen molar-refractivity contribution in [1.82, 2.24) is 4.90 Å². The minimum absolute atomic E-state index is 0.139. The van der Waals surface area contributed by atoms with Crippen molar-refractivity contribution in [3.8, 4) is 0 Å².